The number of nitrogens with one attached hydrogen (secondary N) is 2. The Balaban J connectivity index is 1.79. The largest absolute Gasteiger partial charge is 0.491 e. The number of carbonyl (C=O) groups excluding carboxylic acids is 2. The number of carbonyl (C=O) groups is 2. The highest BCUT2D eigenvalue weighted by Gasteiger charge is 2.56. The predicted octanol–water partition coefficient (Wildman–Crippen LogP) is 2.95. The topological polar surface area (TPSA) is 169 Å². The Bertz CT molecular complexity index is 1570. The van der Waals surface area contributed by atoms with Gasteiger partial charge in [0.15, 0.2) is 5.95 Å². The van der Waals surface area contributed by atoms with E-state index in [1.807, 2.05) is 0 Å². The molecule has 0 aliphatic rings. The molecule has 0 aliphatic heterocycles. The number of nitrogens with two attached hydrogens (primary N) is 2. The van der Waals surface area contributed by atoms with Crippen LogP contribution in [0.25, 0.3) is 22.3 Å². The molecule has 7 N–H and O–H groups in total. The first-order chi connectivity index (χ1) is 18.8. The summed E-state index contributed by atoms with van der Waals surface area (Å²) in [6.07, 6.45) is -5.89. The number of alkyl halides is 3. The van der Waals surface area contributed by atoms with Gasteiger partial charge in [-0.25, -0.2) is 14.4 Å². The number of H-pyrrole nitrogens is 1. The van der Waals surface area contributed by atoms with Gasteiger partial charge in [0.05, 0.1) is 36.3 Å². The Kier molecular flexibility index (Phi) is 7.64. The number of fused-ring (bicyclic) bond motifs is 1. The molecule has 2 heterocycles. The van der Waals surface area contributed by atoms with Crippen molar-refractivity contribution >= 4 is 28.8 Å². The summed E-state index contributed by atoms with van der Waals surface area (Å²) in [4.78, 5) is 35.3. The number of imidazole rings is 1. The average molecular weight is 561 g/mol. The number of hydrogen-bond donors (Lipinski definition) is 5. The fraction of sp³-hybridized carbons (Fsp3) is 0.231. The van der Waals surface area contributed by atoms with Crippen molar-refractivity contribution in [3.05, 3.63) is 71.2 Å². The molecule has 40 heavy (non-hydrogen) atoms. The molecule has 2 aromatic carbocycles. The fourth-order valence-corrected chi connectivity index (χ4v) is 4.04. The minimum Gasteiger partial charge on any atom is -0.491 e. The normalized spacial score (nSPS) is 13.2. The molecule has 2 amide bonds. The Labute approximate surface area is 224 Å². The van der Waals surface area contributed by atoms with Crippen LogP contribution in [0.2, 0.25) is 0 Å². The monoisotopic (exact) mass is 560 g/mol. The molecular formula is C26H24F4N6O4. The van der Waals surface area contributed by atoms with E-state index in [9.17, 15) is 32.3 Å². The molecule has 14 heteroatoms. The molecule has 0 saturated carbocycles. The van der Waals surface area contributed by atoms with Crippen LogP contribution in [0.5, 0.6) is 5.75 Å². The van der Waals surface area contributed by atoms with Gasteiger partial charge >= 0.3 is 6.18 Å². The van der Waals surface area contributed by atoms with Gasteiger partial charge in [0, 0.05) is 16.7 Å². The molecular weight excluding hydrogens is 536 g/mol. The summed E-state index contributed by atoms with van der Waals surface area (Å²) in [6, 6.07) is 9.62. The van der Waals surface area contributed by atoms with Gasteiger partial charge in [0.25, 0.3) is 5.91 Å². The van der Waals surface area contributed by atoms with Crippen LogP contribution in [0.4, 0.5) is 23.5 Å². The summed E-state index contributed by atoms with van der Waals surface area (Å²) in [6.45, 7) is 0.315. The molecule has 210 valence electrons. The van der Waals surface area contributed by atoms with E-state index in [0.29, 0.717) is 11.0 Å². The first kappa shape index (κ1) is 28.3. The number of ether oxygens (including phenoxy) is 1. The molecule has 0 unspecified atom stereocenters. The lowest BCUT2D eigenvalue weighted by Gasteiger charge is -2.31. The van der Waals surface area contributed by atoms with Gasteiger partial charge in [-0.2, -0.15) is 13.2 Å². The molecule has 0 fully saturated rings. The number of aromatic nitrogens is 3. The second-order valence-corrected chi connectivity index (χ2v) is 8.82. The molecule has 4 aromatic rings. The van der Waals surface area contributed by atoms with Crippen molar-refractivity contribution < 1.29 is 37.0 Å². The smallest absolute Gasteiger partial charge is 0.424 e. The summed E-state index contributed by atoms with van der Waals surface area (Å²) in [5.41, 5.74) is 6.92. The SMILES string of the molecule is CCOc1c(CC(N)=O)cc([C@@](O)(CNC(=O)c2ccc3[nH]c(N)nc3c2)C(F)(F)F)nc1-c1ccc(F)cc1. The summed E-state index contributed by atoms with van der Waals surface area (Å²) in [5.74, 6) is -2.41. The van der Waals surface area contributed by atoms with E-state index in [2.05, 4.69) is 20.3 Å². The second kappa shape index (κ2) is 10.8. The average Bonchev–Trinajstić information content (AvgIpc) is 3.26. The van der Waals surface area contributed by atoms with Crippen molar-refractivity contribution in [2.24, 2.45) is 5.73 Å². The van der Waals surface area contributed by atoms with Gasteiger partial charge in [0.1, 0.15) is 17.3 Å². The van der Waals surface area contributed by atoms with Crippen molar-refractivity contribution in [1.82, 2.24) is 20.3 Å². The third-order valence-corrected chi connectivity index (χ3v) is 5.98. The summed E-state index contributed by atoms with van der Waals surface area (Å²) in [5, 5.41) is 13.1. The van der Waals surface area contributed by atoms with Crippen molar-refractivity contribution in [3.8, 4) is 17.0 Å². The van der Waals surface area contributed by atoms with E-state index < -0.39 is 48.1 Å². The Morgan fingerprint density at radius 3 is 2.42 bits per heavy atom. The number of hydrogen-bond acceptors (Lipinski definition) is 7. The van der Waals surface area contributed by atoms with E-state index >= 15 is 0 Å². The Hall–Kier alpha value is -4.72. The molecule has 0 bridgehead atoms. The van der Waals surface area contributed by atoms with Gasteiger partial charge in [-0.1, -0.05) is 0 Å². The van der Waals surface area contributed by atoms with E-state index in [1.54, 1.807) is 6.92 Å². The van der Waals surface area contributed by atoms with Crippen LogP contribution < -0.4 is 21.5 Å². The Morgan fingerprint density at radius 1 is 1.10 bits per heavy atom. The number of rotatable bonds is 9. The third kappa shape index (κ3) is 5.66. The van der Waals surface area contributed by atoms with Crippen LogP contribution in [0.15, 0.2) is 48.5 Å². The van der Waals surface area contributed by atoms with Crippen LogP contribution >= 0.6 is 0 Å². The molecule has 0 saturated heterocycles. The van der Waals surface area contributed by atoms with Gasteiger partial charge < -0.3 is 31.6 Å². The lowest BCUT2D eigenvalue weighted by Crippen LogP contribution is -2.51. The first-order valence-electron chi connectivity index (χ1n) is 11.9. The van der Waals surface area contributed by atoms with Gasteiger partial charge in [-0.05, 0) is 55.5 Å². The molecule has 2 aromatic heterocycles. The summed E-state index contributed by atoms with van der Waals surface area (Å²) >= 11 is 0. The van der Waals surface area contributed by atoms with Crippen LogP contribution in [0.1, 0.15) is 28.5 Å². The number of nitrogen functional groups attached to an aromatic ring is 1. The first-order valence-corrected chi connectivity index (χ1v) is 11.9. The quantitative estimate of drug-likeness (QED) is 0.196. The molecule has 0 aliphatic carbocycles. The van der Waals surface area contributed by atoms with Crippen LogP contribution in [-0.2, 0) is 16.8 Å². The summed E-state index contributed by atoms with van der Waals surface area (Å²) < 4.78 is 62.5. The third-order valence-electron chi connectivity index (χ3n) is 5.98. The van der Waals surface area contributed by atoms with Crippen molar-refractivity contribution in [2.45, 2.75) is 25.1 Å². The fourth-order valence-electron chi connectivity index (χ4n) is 4.04. The zero-order valence-electron chi connectivity index (χ0n) is 21.0. The molecule has 0 spiro atoms. The maximum absolute atomic E-state index is 14.4. The minimum absolute atomic E-state index is 0.0374. The van der Waals surface area contributed by atoms with E-state index in [4.69, 9.17) is 16.2 Å². The highest BCUT2D eigenvalue weighted by Crippen LogP contribution is 2.42. The number of anilines is 1. The second-order valence-electron chi connectivity index (χ2n) is 8.82. The molecule has 4 rings (SSSR count). The lowest BCUT2D eigenvalue weighted by molar-refractivity contribution is -0.265. The van der Waals surface area contributed by atoms with Gasteiger partial charge in [-0.15, -0.1) is 0 Å². The van der Waals surface area contributed by atoms with Gasteiger partial charge in [0.2, 0.25) is 11.5 Å². The number of halogens is 4. The zero-order chi connectivity index (χ0) is 29.2. The maximum atomic E-state index is 14.4. The predicted molar refractivity (Wildman–Crippen MR) is 136 cm³/mol. The highest BCUT2D eigenvalue weighted by atomic mass is 19.4. The van der Waals surface area contributed by atoms with Crippen LogP contribution in [0, 0.1) is 5.82 Å². The number of aliphatic hydroxyl groups is 1. The molecule has 1 atom stereocenters. The lowest BCUT2D eigenvalue weighted by atomic mass is 9.93. The van der Waals surface area contributed by atoms with Crippen molar-refractivity contribution in [2.75, 3.05) is 18.9 Å². The van der Waals surface area contributed by atoms with E-state index in [-0.39, 0.29) is 40.7 Å². The van der Waals surface area contributed by atoms with Crippen LogP contribution in [0.3, 0.4) is 0 Å². The van der Waals surface area contributed by atoms with Gasteiger partial charge in [-0.3, -0.25) is 9.59 Å². The van der Waals surface area contributed by atoms with Crippen molar-refractivity contribution in [1.29, 1.82) is 0 Å². The summed E-state index contributed by atoms with van der Waals surface area (Å²) in [7, 11) is 0. The number of aromatic amines is 1. The molecule has 0 radical (unpaired) electrons. The van der Waals surface area contributed by atoms with E-state index in [0.717, 1.165) is 18.2 Å². The van der Waals surface area contributed by atoms with Crippen LogP contribution in [-0.4, -0.2) is 51.2 Å². The van der Waals surface area contributed by atoms with E-state index in [1.165, 1.54) is 30.3 Å². The standard InChI is InChI=1S/C26H24F4N6O4/c1-2-40-22-15(11-20(31)37)10-19(36-21(22)13-3-6-16(27)7-4-13)25(39,26(28,29)30)12-33-23(38)14-5-8-17-18(9-14)35-24(32)34-17/h3-10,39H,2,11-12H2,1H3,(H2,31,37)(H,33,38)(H3,32,34,35)/t25-/m0/s1. The highest BCUT2D eigenvalue weighted by molar-refractivity contribution is 5.97. The zero-order valence-corrected chi connectivity index (χ0v) is 21.0. The van der Waals surface area contributed by atoms with Crippen molar-refractivity contribution in [3.63, 3.8) is 0 Å². The Morgan fingerprint density at radius 2 is 1.80 bits per heavy atom. The molecule has 10 nitrogen and oxygen atoms in total. The number of primary amides is 1. The number of benzene rings is 2. The maximum Gasteiger partial charge on any atom is 0.424 e. The number of nitrogens with zero attached hydrogens (tertiary/aromatic N) is 2. The number of amides is 2. The number of pyridine rings is 1. The minimum atomic E-state index is -5.34.